The van der Waals surface area contributed by atoms with Crippen LogP contribution in [0.3, 0.4) is 0 Å². The molecule has 0 N–H and O–H groups in total. The quantitative estimate of drug-likeness (QED) is 0.505. The van der Waals surface area contributed by atoms with Gasteiger partial charge in [-0.3, -0.25) is 0 Å². The molecule has 0 unspecified atom stereocenters. The van der Waals surface area contributed by atoms with Crippen molar-refractivity contribution in [1.82, 2.24) is 0 Å². The first-order valence-corrected chi connectivity index (χ1v) is 8.47. The van der Waals surface area contributed by atoms with Crippen LogP contribution in [-0.4, -0.2) is 38.9 Å². The van der Waals surface area contributed by atoms with Crippen LogP contribution in [0.25, 0.3) is 0 Å². The van der Waals surface area contributed by atoms with E-state index in [1.54, 1.807) is 0 Å². The van der Waals surface area contributed by atoms with Crippen molar-refractivity contribution in [3.63, 3.8) is 0 Å². The molecule has 0 aliphatic heterocycles. The molecule has 0 rings (SSSR count). The molecule has 0 saturated heterocycles. The fourth-order valence-electron chi connectivity index (χ4n) is 0.886. The molecule has 122 valence electrons. The van der Waals surface area contributed by atoms with Crippen molar-refractivity contribution in [2.45, 2.75) is 50.0 Å². The summed E-state index contributed by atoms with van der Waals surface area (Å²) in [6, 6.07) is 0.199. The van der Waals surface area contributed by atoms with Gasteiger partial charge in [-0.25, -0.2) is 0 Å². The maximum absolute atomic E-state index is 13.1. The normalized spacial score (nSPS) is 15.6. The van der Waals surface area contributed by atoms with Gasteiger partial charge in [-0.15, -0.1) is 0 Å². The molecule has 0 saturated carbocycles. The van der Waals surface area contributed by atoms with E-state index < -0.39 is 38.9 Å². The summed E-state index contributed by atoms with van der Waals surface area (Å²) in [5, 5.41) is 0. The smallest absolute Gasteiger partial charge is 0.411 e. The Kier molecular flexibility index (Phi) is 5.27. The van der Waals surface area contributed by atoms with Crippen LogP contribution in [0.4, 0.5) is 39.5 Å². The van der Waals surface area contributed by atoms with Crippen molar-refractivity contribution >= 4 is 8.32 Å². The van der Waals surface area contributed by atoms with E-state index in [0.717, 1.165) is 0 Å². The Balaban J connectivity index is 5.27. The van der Waals surface area contributed by atoms with Crippen molar-refractivity contribution in [2.24, 2.45) is 0 Å². The molecule has 0 radical (unpaired) electrons. The zero-order valence-corrected chi connectivity index (χ0v) is 11.7. The van der Waals surface area contributed by atoms with E-state index in [9.17, 15) is 39.5 Å². The van der Waals surface area contributed by atoms with E-state index >= 15 is 0 Å². The lowest BCUT2D eigenvalue weighted by molar-refractivity contribution is -0.398. The lowest BCUT2D eigenvalue weighted by atomic mass is 10.1. The van der Waals surface area contributed by atoms with E-state index in [2.05, 4.69) is 4.43 Å². The highest BCUT2D eigenvalue weighted by molar-refractivity contribution is 6.71. The molecule has 0 amide bonds. The molecular formula is C9H13F9OSi. The highest BCUT2D eigenvalue weighted by Gasteiger charge is 2.81. The number of rotatable bonds is 6. The summed E-state index contributed by atoms with van der Waals surface area (Å²) in [5.74, 6) is -19.1. The van der Waals surface area contributed by atoms with Crippen LogP contribution in [0.5, 0.6) is 0 Å². The standard InChI is InChI=1S/C9H13F9OSi/c1-4-20(2,3)19-5-6(10,11)7(12,13)8(14,15)9(16,17)18/h4-5H2,1-3H3. The fourth-order valence-corrected chi connectivity index (χ4v) is 1.66. The zero-order valence-electron chi connectivity index (χ0n) is 10.7. The summed E-state index contributed by atoms with van der Waals surface area (Å²) >= 11 is 0. The molecule has 0 heterocycles. The average molecular weight is 336 g/mol. The predicted molar refractivity (Wildman–Crippen MR) is 54.8 cm³/mol. The largest absolute Gasteiger partial charge is 0.460 e. The monoisotopic (exact) mass is 336 g/mol. The van der Waals surface area contributed by atoms with Gasteiger partial charge in [-0.2, -0.15) is 39.5 Å². The van der Waals surface area contributed by atoms with Crippen molar-refractivity contribution in [3.8, 4) is 0 Å². The molecule has 0 aliphatic carbocycles. The van der Waals surface area contributed by atoms with Gasteiger partial charge < -0.3 is 4.43 Å². The van der Waals surface area contributed by atoms with Crippen LogP contribution in [0.15, 0.2) is 0 Å². The summed E-state index contributed by atoms with van der Waals surface area (Å²) in [6.45, 7) is 1.97. The van der Waals surface area contributed by atoms with Crippen molar-refractivity contribution < 1.29 is 43.9 Å². The highest BCUT2D eigenvalue weighted by atomic mass is 28.4. The number of hydrogen-bond acceptors (Lipinski definition) is 1. The molecule has 0 aromatic heterocycles. The van der Waals surface area contributed by atoms with Gasteiger partial charge in [0, 0.05) is 0 Å². The average Bonchev–Trinajstić information content (AvgIpc) is 2.24. The Morgan fingerprint density at radius 1 is 0.800 bits per heavy atom. The van der Waals surface area contributed by atoms with Gasteiger partial charge in [-0.1, -0.05) is 6.92 Å². The second-order valence-corrected chi connectivity index (χ2v) is 9.27. The van der Waals surface area contributed by atoms with Crippen LogP contribution in [0.2, 0.25) is 19.1 Å². The minimum atomic E-state index is -6.86. The summed E-state index contributed by atoms with van der Waals surface area (Å²) in [4.78, 5) is 0. The van der Waals surface area contributed by atoms with Crippen molar-refractivity contribution in [2.75, 3.05) is 6.61 Å². The maximum atomic E-state index is 13.1. The molecule has 0 aromatic carbocycles. The van der Waals surface area contributed by atoms with Crippen LogP contribution in [0, 0.1) is 0 Å². The minimum Gasteiger partial charge on any atom is -0.411 e. The maximum Gasteiger partial charge on any atom is 0.460 e. The molecule has 0 aliphatic rings. The van der Waals surface area contributed by atoms with E-state index in [1.165, 1.54) is 20.0 Å². The van der Waals surface area contributed by atoms with Gasteiger partial charge in [0.05, 0.1) is 0 Å². The molecular weight excluding hydrogens is 323 g/mol. The summed E-state index contributed by atoms with van der Waals surface area (Å²) in [6.07, 6.45) is -6.79. The Morgan fingerprint density at radius 2 is 1.20 bits per heavy atom. The van der Waals surface area contributed by atoms with Crippen LogP contribution in [0.1, 0.15) is 6.92 Å². The number of hydrogen-bond donors (Lipinski definition) is 0. The van der Waals surface area contributed by atoms with Gasteiger partial charge in [0.2, 0.25) is 0 Å². The third kappa shape index (κ3) is 3.60. The van der Waals surface area contributed by atoms with Crippen molar-refractivity contribution in [1.29, 1.82) is 0 Å². The first-order valence-electron chi connectivity index (χ1n) is 5.36. The van der Waals surface area contributed by atoms with Gasteiger partial charge in [0.15, 0.2) is 8.32 Å². The summed E-state index contributed by atoms with van der Waals surface area (Å²) in [5.41, 5.74) is 0. The fraction of sp³-hybridized carbons (Fsp3) is 1.00. The van der Waals surface area contributed by atoms with E-state index in [1.807, 2.05) is 0 Å². The molecule has 0 fully saturated rings. The molecule has 20 heavy (non-hydrogen) atoms. The number of halogens is 9. The first kappa shape index (κ1) is 19.5. The minimum absolute atomic E-state index is 0.199. The number of alkyl halides is 9. The van der Waals surface area contributed by atoms with Crippen LogP contribution < -0.4 is 0 Å². The summed E-state index contributed by atoms with van der Waals surface area (Å²) < 4.78 is 117. The Labute approximate surface area is 110 Å². The topological polar surface area (TPSA) is 9.23 Å². The van der Waals surface area contributed by atoms with Gasteiger partial charge in [-0.05, 0) is 19.1 Å². The lowest BCUT2D eigenvalue weighted by Crippen LogP contribution is -2.62. The lowest BCUT2D eigenvalue weighted by Gasteiger charge is -2.35. The second-order valence-electron chi connectivity index (χ2n) is 4.75. The van der Waals surface area contributed by atoms with Gasteiger partial charge in [0.1, 0.15) is 6.61 Å². The molecule has 0 atom stereocenters. The van der Waals surface area contributed by atoms with E-state index in [-0.39, 0.29) is 6.04 Å². The highest BCUT2D eigenvalue weighted by Crippen LogP contribution is 2.53. The predicted octanol–water partition coefficient (Wildman–Crippen LogP) is 4.70. The molecule has 1 nitrogen and oxygen atoms in total. The Hall–Kier alpha value is -0.453. The van der Waals surface area contributed by atoms with E-state index in [0.29, 0.717) is 0 Å². The summed E-state index contributed by atoms with van der Waals surface area (Å²) in [7, 11) is -2.81. The molecule has 11 heteroatoms. The molecule has 0 bridgehead atoms. The Morgan fingerprint density at radius 3 is 1.50 bits per heavy atom. The zero-order chi connectivity index (χ0) is 16.6. The van der Waals surface area contributed by atoms with E-state index in [4.69, 9.17) is 0 Å². The van der Waals surface area contributed by atoms with Gasteiger partial charge in [0.25, 0.3) is 0 Å². The third-order valence-electron chi connectivity index (χ3n) is 2.71. The van der Waals surface area contributed by atoms with Crippen LogP contribution >= 0.6 is 0 Å². The SMILES string of the molecule is CC[Si](C)(C)OCC(F)(F)C(F)(F)C(F)(F)C(F)(F)F. The molecule has 0 aromatic rings. The Bertz CT molecular complexity index is 337. The van der Waals surface area contributed by atoms with Crippen LogP contribution in [-0.2, 0) is 4.43 Å². The first-order chi connectivity index (χ1) is 8.52. The van der Waals surface area contributed by atoms with Gasteiger partial charge >= 0.3 is 23.9 Å². The second kappa shape index (κ2) is 5.39. The third-order valence-corrected chi connectivity index (χ3v) is 5.33. The molecule has 0 spiro atoms. The van der Waals surface area contributed by atoms with Crippen molar-refractivity contribution in [3.05, 3.63) is 0 Å².